The van der Waals surface area contributed by atoms with Gasteiger partial charge in [0.2, 0.25) is 0 Å². The van der Waals surface area contributed by atoms with Crippen LogP contribution in [0.15, 0.2) is 0 Å². The first-order valence-corrected chi connectivity index (χ1v) is 7.36. The van der Waals surface area contributed by atoms with Gasteiger partial charge in [-0.2, -0.15) is 0 Å². The maximum absolute atomic E-state index is 11.8. The third-order valence-corrected chi connectivity index (χ3v) is 5.05. The fourth-order valence-electron chi connectivity index (χ4n) is 3.42. The zero-order chi connectivity index (χ0) is 13.5. The van der Waals surface area contributed by atoms with Gasteiger partial charge in [0.1, 0.15) is 0 Å². The SMILES string of the molecule is O=C(NCC1(C2CC2)CC1)NC1CCC(C(=O)O)C1. The molecule has 0 aromatic carbocycles. The fourth-order valence-corrected chi connectivity index (χ4v) is 3.42. The summed E-state index contributed by atoms with van der Waals surface area (Å²) in [6.45, 7) is 0.790. The van der Waals surface area contributed by atoms with Crippen LogP contribution in [0.2, 0.25) is 0 Å². The van der Waals surface area contributed by atoms with Crippen molar-refractivity contribution in [2.75, 3.05) is 6.54 Å². The molecular formula is C14H22N2O3. The first kappa shape index (κ1) is 12.8. The first-order chi connectivity index (χ1) is 9.09. The molecular weight excluding hydrogens is 244 g/mol. The van der Waals surface area contributed by atoms with Crippen LogP contribution in [0.25, 0.3) is 0 Å². The van der Waals surface area contributed by atoms with Gasteiger partial charge in [-0.05, 0) is 56.3 Å². The van der Waals surface area contributed by atoms with E-state index in [2.05, 4.69) is 10.6 Å². The van der Waals surface area contributed by atoms with E-state index in [9.17, 15) is 9.59 Å². The predicted octanol–water partition coefficient (Wildman–Crippen LogP) is 1.73. The van der Waals surface area contributed by atoms with Crippen molar-refractivity contribution in [1.82, 2.24) is 10.6 Å². The van der Waals surface area contributed by atoms with Gasteiger partial charge in [-0.25, -0.2) is 4.79 Å². The standard InChI is InChI=1S/C14H22N2O3/c17-12(18)9-1-4-11(7-9)16-13(19)15-8-14(5-6-14)10-2-3-10/h9-11H,1-8H2,(H,17,18)(H2,15,16,19). The highest BCUT2D eigenvalue weighted by Crippen LogP contribution is 2.60. The van der Waals surface area contributed by atoms with Crippen LogP contribution in [0, 0.1) is 17.3 Å². The second kappa shape index (κ2) is 4.69. The predicted molar refractivity (Wildman–Crippen MR) is 69.7 cm³/mol. The number of nitrogens with one attached hydrogen (secondary N) is 2. The molecule has 5 nitrogen and oxygen atoms in total. The molecule has 2 unspecified atom stereocenters. The lowest BCUT2D eigenvalue weighted by atomic mass is 10.0. The summed E-state index contributed by atoms with van der Waals surface area (Å²) >= 11 is 0. The van der Waals surface area contributed by atoms with Crippen molar-refractivity contribution in [3.63, 3.8) is 0 Å². The van der Waals surface area contributed by atoms with Gasteiger partial charge in [0, 0.05) is 12.6 Å². The molecule has 2 atom stereocenters. The van der Waals surface area contributed by atoms with Crippen LogP contribution < -0.4 is 10.6 Å². The number of hydrogen-bond donors (Lipinski definition) is 3. The molecule has 5 heteroatoms. The van der Waals surface area contributed by atoms with E-state index in [0.717, 1.165) is 18.9 Å². The number of hydrogen-bond acceptors (Lipinski definition) is 2. The summed E-state index contributed by atoms with van der Waals surface area (Å²) in [7, 11) is 0. The summed E-state index contributed by atoms with van der Waals surface area (Å²) in [5, 5.41) is 14.8. The highest BCUT2D eigenvalue weighted by atomic mass is 16.4. The van der Waals surface area contributed by atoms with Gasteiger partial charge in [0.15, 0.2) is 0 Å². The van der Waals surface area contributed by atoms with E-state index in [1.54, 1.807) is 0 Å². The van der Waals surface area contributed by atoms with Gasteiger partial charge in [-0.15, -0.1) is 0 Å². The lowest BCUT2D eigenvalue weighted by Gasteiger charge is -2.17. The molecule has 2 amide bonds. The highest BCUT2D eigenvalue weighted by molar-refractivity contribution is 5.75. The van der Waals surface area contributed by atoms with Crippen LogP contribution in [0.3, 0.4) is 0 Å². The topological polar surface area (TPSA) is 78.4 Å². The average molecular weight is 266 g/mol. The maximum Gasteiger partial charge on any atom is 0.315 e. The molecule has 0 aliphatic heterocycles. The van der Waals surface area contributed by atoms with Crippen molar-refractivity contribution in [2.24, 2.45) is 17.3 Å². The zero-order valence-corrected chi connectivity index (χ0v) is 11.2. The van der Waals surface area contributed by atoms with Gasteiger partial charge >= 0.3 is 12.0 Å². The summed E-state index contributed by atoms with van der Waals surface area (Å²) < 4.78 is 0. The number of carboxylic acid groups (broad SMARTS) is 1. The molecule has 0 saturated heterocycles. The molecule has 3 aliphatic rings. The Morgan fingerprint density at radius 1 is 1.16 bits per heavy atom. The first-order valence-electron chi connectivity index (χ1n) is 7.36. The summed E-state index contributed by atoms with van der Waals surface area (Å²) in [5.74, 6) is -0.183. The highest BCUT2D eigenvalue weighted by Gasteiger charge is 2.53. The molecule has 3 N–H and O–H groups in total. The molecule has 0 radical (unpaired) electrons. The summed E-state index contributed by atoms with van der Waals surface area (Å²) in [6.07, 6.45) is 7.17. The Kier molecular flexibility index (Phi) is 3.15. The minimum atomic E-state index is -0.740. The Hall–Kier alpha value is -1.26. The van der Waals surface area contributed by atoms with E-state index in [0.29, 0.717) is 18.3 Å². The van der Waals surface area contributed by atoms with Crippen molar-refractivity contribution in [1.29, 1.82) is 0 Å². The van der Waals surface area contributed by atoms with Crippen molar-refractivity contribution in [2.45, 2.75) is 51.0 Å². The van der Waals surface area contributed by atoms with Gasteiger partial charge < -0.3 is 15.7 Å². The third kappa shape index (κ3) is 2.85. The lowest BCUT2D eigenvalue weighted by Crippen LogP contribution is -2.43. The van der Waals surface area contributed by atoms with Crippen LogP contribution in [0.1, 0.15) is 44.9 Å². The lowest BCUT2D eigenvalue weighted by molar-refractivity contribution is -0.141. The summed E-state index contributed by atoms with van der Waals surface area (Å²) in [6, 6.07) is -0.0971. The number of amides is 2. The Labute approximate surface area is 113 Å². The van der Waals surface area contributed by atoms with Gasteiger partial charge in [-0.3, -0.25) is 4.79 Å². The van der Waals surface area contributed by atoms with E-state index >= 15 is 0 Å². The quantitative estimate of drug-likeness (QED) is 0.709. The minimum Gasteiger partial charge on any atom is -0.481 e. The number of urea groups is 1. The molecule has 0 heterocycles. The van der Waals surface area contributed by atoms with E-state index in [1.807, 2.05) is 0 Å². The second-order valence-electron chi connectivity index (χ2n) is 6.51. The molecule has 0 aromatic heterocycles. The minimum absolute atomic E-state index is 0.0252. The maximum atomic E-state index is 11.8. The molecule has 106 valence electrons. The van der Waals surface area contributed by atoms with Crippen molar-refractivity contribution in [3.05, 3.63) is 0 Å². The molecule has 3 rings (SSSR count). The van der Waals surface area contributed by atoms with Crippen LogP contribution in [-0.4, -0.2) is 29.7 Å². The monoisotopic (exact) mass is 266 g/mol. The van der Waals surface area contributed by atoms with Crippen LogP contribution >= 0.6 is 0 Å². The normalized spacial score (nSPS) is 31.8. The molecule has 0 aromatic rings. The van der Waals surface area contributed by atoms with Gasteiger partial charge in [-0.1, -0.05) is 0 Å². The molecule has 19 heavy (non-hydrogen) atoms. The summed E-state index contributed by atoms with van der Waals surface area (Å²) in [5.41, 5.74) is 0.413. The van der Waals surface area contributed by atoms with Crippen molar-refractivity contribution in [3.8, 4) is 0 Å². The van der Waals surface area contributed by atoms with E-state index in [1.165, 1.54) is 25.7 Å². The van der Waals surface area contributed by atoms with E-state index < -0.39 is 5.97 Å². The van der Waals surface area contributed by atoms with Gasteiger partial charge in [0.25, 0.3) is 0 Å². The number of carboxylic acids is 1. The summed E-state index contributed by atoms with van der Waals surface area (Å²) in [4.78, 5) is 22.7. The van der Waals surface area contributed by atoms with Crippen LogP contribution in [0.4, 0.5) is 4.79 Å². The second-order valence-corrected chi connectivity index (χ2v) is 6.51. The fraction of sp³-hybridized carbons (Fsp3) is 0.857. The average Bonchev–Trinajstić information content (AvgIpc) is 3.26. The number of carbonyl (C=O) groups excluding carboxylic acids is 1. The van der Waals surface area contributed by atoms with E-state index in [-0.39, 0.29) is 18.0 Å². The molecule has 0 bridgehead atoms. The van der Waals surface area contributed by atoms with Crippen LogP contribution in [0.5, 0.6) is 0 Å². The Bertz CT molecular complexity index is 388. The third-order valence-electron chi connectivity index (χ3n) is 5.05. The Balaban J connectivity index is 1.38. The zero-order valence-electron chi connectivity index (χ0n) is 11.2. The Morgan fingerprint density at radius 2 is 1.89 bits per heavy atom. The van der Waals surface area contributed by atoms with Crippen molar-refractivity contribution < 1.29 is 14.7 Å². The molecule has 0 spiro atoms. The van der Waals surface area contributed by atoms with E-state index in [4.69, 9.17) is 5.11 Å². The van der Waals surface area contributed by atoms with Crippen molar-refractivity contribution >= 4 is 12.0 Å². The number of rotatable bonds is 5. The van der Waals surface area contributed by atoms with Crippen LogP contribution in [-0.2, 0) is 4.79 Å². The number of aliphatic carboxylic acids is 1. The number of carbonyl (C=O) groups is 2. The smallest absolute Gasteiger partial charge is 0.315 e. The molecule has 3 aliphatic carbocycles. The molecule has 3 fully saturated rings. The largest absolute Gasteiger partial charge is 0.481 e. The molecule has 3 saturated carbocycles. The van der Waals surface area contributed by atoms with Gasteiger partial charge in [0.05, 0.1) is 5.92 Å². The Morgan fingerprint density at radius 3 is 2.42 bits per heavy atom.